The highest BCUT2D eigenvalue weighted by atomic mass is 35.5. The summed E-state index contributed by atoms with van der Waals surface area (Å²) in [7, 11) is 2.02. The maximum Gasteiger partial charge on any atom is 0.147 e. The highest BCUT2D eigenvalue weighted by Gasteiger charge is 2.09. The maximum atomic E-state index is 13.6. The highest BCUT2D eigenvalue weighted by molar-refractivity contribution is 6.33. The van der Waals surface area contributed by atoms with Gasteiger partial charge in [0.25, 0.3) is 0 Å². The van der Waals surface area contributed by atoms with Crippen molar-refractivity contribution < 1.29 is 4.39 Å². The summed E-state index contributed by atoms with van der Waals surface area (Å²) in [4.78, 5) is 0. The van der Waals surface area contributed by atoms with E-state index in [0.717, 1.165) is 5.56 Å². The molecule has 2 nitrogen and oxygen atoms in total. The molecule has 0 saturated carbocycles. The highest BCUT2D eigenvalue weighted by Crippen LogP contribution is 2.25. The molecular formula is C14H16ClFN2. The topological polar surface area (TPSA) is 17.0 Å². The van der Waals surface area contributed by atoms with Crippen molar-refractivity contribution >= 4 is 17.3 Å². The Labute approximate surface area is 111 Å². The molecule has 0 amide bonds. The molecule has 0 spiro atoms. The minimum Gasteiger partial charge on any atom is -0.377 e. The van der Waals surface area contributed by atoms with Gasteiger partial charge in [-0.3, -0.25) is 0 Å². The van der Waals surface area contributed by atoms with Crippen molar-refractivity contribution in [2.24, 2.45) is 7.05 Å². The Bertz CT molecular complexity index is 555. The van der Waals surface area contributed by atoms with Crippen LogP contribution in [0.5, 0.6) is 0 Å². The molecule has 1 aromatic heterocycles. The fraction of sp³-hybridized carbons (Fsp3) is 0.286. The molecule has 0 radical (unpaired) electrons. The zero-order valence-electron chi connectivity index (χ0n) is 10.7. The molecular weight excluding hydrogens is 251 g/mol. The number of hydrogen-bond acceptors (Lipinski definition) is 1. The fourth-order valence-corrected chi connectivity index (χ4v) is 2.19. The van der Waals surface area contributed by atoms with Gasteiger partial charge in [-0.2, -0.15) is 0 Å². The van der Waals surface area contributed by atoms with Crippen molar-refractivity contribution in [3.63, 3.8) is 0 Å². The standard InChI is InChI=1S/C14H16ClFN2/c1-9-7-11(10(2)18(9)3)8-17-14-12(15)5-4-6-13(14)16/h4-7,17H,8H2,1-3H3. The molecule has 0 aliphatic carbocycles. The summed E-state index contributed by atoms with van der Waals surface area (Å²) >= 11 is 5.96. The lowest BCUT2D eigenvalue weighted by Gasteiger charge is -2.09. The van der Waals surface area contributed by atoms with Crippen molar-refractivity contribution in [3.8, 4) is 0 Å². The van der Waals surface area contributed by atoms with Crippen molar-refractivity contribution in [1.29, 1.82) is 0 Å². The Hall–Kier alpha value is -1.48. The normalized spacial score (nSPS) is 10.7. The van der Waals surface area contributed by atoms with Gasteiger partial charge >= 0.3 is 0 Å². The van der Waals surface area contributed by atoms with Gasteiger partial charge in [-0.15, -0.1) is 0 Å². The van der Waals surface area contributed by atoms with Crippen molar-refractivity contribution in [2.45, 2.75) is 20.4 Å². The van der Waals surface area contributed by atoms with Gasteiger partial charge in [-0.05, 0) is 37.6 Å². The lowest BCUT2D eigenvalue weighted by atomic mass is 10.2. The van der Waals surface area contributed by atoms with Crippen LogP contribution in [-0.4, -0.2) is 4.57 Å². The van der Waals surface area contributed by atoms with E-state index in [0.29, 0.717) is 17.3 Å². The van der Waals surface area contributed by atoms with Gasteiger partial charge in [0.15, 0.2) is 0 Å². The molecule has 18 heavy (non-hydrogen) atoms. The number of anilines is 1. The van der Waals surface area contributed by atoms with E-state index in [1.807, 2.05) is 20.9 Å². The molecule has 2 aromatic rings. The number of aromatic nitrogens is 1. The minimum absolute atomic E-state index is 0.326. The van der Waals surface area contributed by atoms with E-state index < -0.39 is 0 Å². The molecule has 0 fully saturated rings. The zero-order chi connectivity index (χ0) is 13.3. The molecule has 0 unspecified atom stereocenters. The average Bonchev–Trinajstić information content (AvgIpc) is 2.56. The van der Waals surface area contributed by atoms with Crippen LogP contribution >= 0.6 is 11.6 Å². The summed E-state index contributed by atoms with van der Waals surface area (Å²) in [6, 6.07) is 6.77. The third kappa shape index (κ3) is 2.36. The van der Waals surface area contributed by atoms with Crippen LogP contribution in [0.15, 0.2) is 24.3 Å². The molecule has 0 atom stereocenters. The number of para-hydroxylation sites is 1. The number of nitrogens with one attached hydrogen (secondary N) is 1. The summed E-state index contributed by atoms with van der Waals surface area (Å²) < 4.78 is 15.7. The van der Waals surface area contributed by atoms with Crippen LogP contribution in [0.1, 0.15) is 17.0 Å². The lowest BCUT2D eigenvalue weighted by Crippen LogP contribution is -2.03. The second kappa shape index (κ2) is 5.02. The molecule has 4 heteroatoms. The summed E-state index contributed by atoms with van der Waals surface area (Å²) in [5, 5.41) is 3.46. The van der Waals surface area contributed by atoms with Gasteiger partial charge in [0.1, 0.15) is 5.82 Å². The van der Waals surface area contributed by atoms with E-state index in [1.54, 1.807) is 12.1 Å². The number of rotatable bonds is 3. The predicted octanol–water partition coefficient (Wildman–Crippen LogP) is 4.05. The van der Waals surface area contributed by atoms with Crippen LogP contribution in [0, 0.1) is 19.7 Å². The molecule has 1 aromatic carbocycles. The first-order valence-corrected chi connectivity index (χ1v) is 6.18. The second-order valence-corrected chi connectivity index (χ2v) is 4.81. The SMILES string of the molecule is Cc1cc(CNc2c(F)cccc2Cl)c(C)n1C. The molecule has 2 rings (SSSR count). The van der Waals surface area contributed by atoms with Crippen LogP contribution in [0.3, 0.4) is 0 Å². The Morgan fingerprint density at radius 2 is 2.06 bits per heavy atom. The van der Waals surface area contributed by atoms with E-state index in [4.69, 9.17) is 11.6 Å². The smallest absolute Gasteiger partial charge is 0.147 e. The van der Waals surface area contributed by atoms with Crippen LogP contribution in [0.25, 0.3) is 0 Å². The van der Waals surface area contributed by atoms with Gasteiger partial charge in [0, 0.05) is 25.0 Å². The van der Waals surface area contributed by atoms with E-state index in [-0.39, 0.29) is 5.82 Å². The third-order valence-electron chi connectivity index (χ3n) is 3.30. The van der Waals surface area contributed by atoms with Crippen molar-refractivity contribution in [1.82, 2.24) is 4.57 Å². The van der Waals surface area contributed by atoms with Crippen molar-refractivity contribution in [3.05, 3.63) is 52.1 Å². The quantitative estimate of drug-likeness (QED) is 0.887. The molecule has 0 bridgehead atoms. The van der Waals surface area contributed by atoms with Gasteiger partial charge in [0.2, 0.25) is 0 Å². The molecule has 0 aliphatic heterocycles. The monoisotopic (exact) mass is 266 g/mol. The van der Waals surface area contributed by atoms with Crippen LogP contribution < -0.4 is 5.32 Å². The largest absolute Gasteiger partial charge is 0.377 e. The lowest BCUT2D eigenvalue weighted by molar-refractivity contribution is 0.630. The Kier molecular flexibility index (Phi) is 3.62. The first-order valence-electron chi connectivity index (χ1n) is 5.80. The van der Waals surface area contributed by atoms with Gasteiger partial charge in [-0.1, -0.05) is 17.7 Å². The van der Waals surface area contributed by atoms with Crippen LogP contribution in [0.2, 0.25) is 5.02 Å². The predicted molar refractivity (Wildman–Crippen MR) is 73.6 cm³/mol. The Balaban J connectivity index is 2.19. The van der Waals surface area contributed by atoms with Gasteiger partial charge < -0.3 is 9.88 Å². The average molecular weight is 267 g/mol. The summed E-state index contributed by atoms with van der Waals surface area (Å²) in [6.07, 6.45) is 0. The minimum atomic E-state index is -0.326. The summed E-state index contributed by atoms with van der Waals surface area (Å²) in [5.41, 5.74) is 3.87. The summed E-state index contributed by atoms with van der Waals surface area (Å²) in [5.74, 6) is -0.326. The van der Waals surface area contributed by atoms with E-state index in [1.165, 1.54) is 17.5 Å². The Morgan fingerprint density at radius 1 is 1.33 bits per heavy atom. The van der Waals surface area contributed by atoms with E-state index >= 15 is 0 Å². The van der Waals surface area contributed by atoms with Crippen LogP contribution in [-0.2, 0) is 13.6 Å². The Morgan fingerprint density at radius 3 is 2.61 bits per heavy atom. The molecule has 1 N–H and O–H groups in total. The van der Waals surface area contributed by atoms with Crippen LogP contribution in [0.4, 0.5) is 10.1 Å². The molecule has 0 aliphatic rings. The first-order chi connectivity index (χ1) is 8.50. The van der Waals surface area contributed by atoms with E-state index in [9.17, 15) is 4.39 Å². The number of aryl methyl sites for hydroxylation is 1. The summed E-state index contributed by atoms with van der Waals surface area (Å²) in [6.45, 7) is 4.66. The number of benzene rings is 1. The number of hydrogen-bond donors (Lipinski definition) is 1. The molecule has 1 heterocycles. The number of nitrogens with zero attached hydrogens (tertiary/aromatic N) is 1. The maximum absolute atomic E-state index is 13.6. The third-order valence-corrected chi connectivity index (χ3v) is 3.61. The molecule has 96 valence electrons. The number of halogens is 2. The first kappa shape index (κ1) is 13.0. The zero-order valence-corrected chi connectivity index (χ0v) is 11.5. The van der Waals surface area contributed by atoms with Gasteiger partial charge in [-0.25, -0.2) is 4.39 Å². The fourth-order valence-electron chi connectivity index (χ4n) is 1.96. The molecule has 0 saturated heterocycles. The van der Waals surface area contributed by atoms with E-state index in [2.05, 4.69) is 16.0 Å². The second-order valence-electron chi connectivity index (χ2n) is 4.41. The van der Waals surface area contributed by atoms with Crippen molar-refractivity contribution in [2.75, 3.05) is 5.32 Å². The van der Waals surface area contributed by atoms with Gasteiger partial charge in [0.05, 0.1) is 10.7 Å².